The molecule has 3 rings (SSSR count). The molecule has 1 aromatic heterocycles. The predicted molar refractivity (Wildman–Crippen MR) is 74.8 cm³/mol. The van der Waals surface area contributed by atoms with Crippen LogP contribution < -0.4 is 0 Å². The van der Waals surface area contributed by atoms with Gasteiger partial charge in [0.15, 0.2) is 0 Å². The fourth-order valence-corrected chi connectivity index (χ4v) is 3.91. The molecule has 3 atom stereocenters. The van der Waals surface area contributed by atoms with E-state index in [1.165, 1.54) is 38.5 Å². The van der Waals surface area contributed by atoms with Crippen molar-refractivity contribution in [2.45, 2.75) is 57.2 Å². The molecule has 4 heteroatoms. The van der Waals surface area contributed by atoms with E-state index >= 15 is 0 Å². The first kappa shape index (κ1) is 13.1. The summed E-state index contributed by atoms with van der Waals surface area (Å²) in [5.41, 5.74) is 0. The molecule has 1 aliphatic carbocycles. The molecule has 2 aliphatic rings. The van der Waals surface area contributed by atoms with Gasteiger partial charge in [0.1, 0.15) is 0 Å². The average Bonchev–Trinajstić information content (AvgIpc) is 2.92. The molecule has 0 amide bonds. The maximum absolute atomic E-state index is 10.3. The van der Waals surface area contributed by atoms with Crippen LogP contribution in [0.5, 0.6) is 0 Å². The van der Waals surface area contributed by atoms with Crippen LogP contribution in [0.4, 0.5) is 0 Å². The van der Waals surface area contributed by atoms with E-state index in [0.29, 0.717) is 6.54 Å². The smallest absolute Gasteiger partial charge is 0.0862 e. The first-order chi connectivity index (χ1) is 9.33. The molecule has 0 unspecified atom stereocenters. The van der Waals surface area contributed by atoms with Gasteiger partial charge < -0.3 is 5.11 Å². The number of nitrogens with zero attached hydrogens (tertiary/aromatic N) is 3. The third kappa shape index (κ3) is 3.18. The second kappa shape index (κ2) is 6.06. The fraction of sp³-hybridized carbons (Fsp3) is 0.800. The van der Waals surface area contributed by atoms with Crippen LogP contribution in [0.25, 0.3) is 0 Å². The SMILES string of the molecule is O[C@H](CN1CCC[C@@H]2CCCC[C@H]21)Cn1cccn1. The van der Waals surface area contributed by atoms with Crippen molar-refractivity contribution in [2.75, 3.05) is 13.1 Å². The molecule has 0 bridgehead atoms. The molecular weight excluding hydrogens is 238 g/mol. The topological polar surface area (TPSA) is 41.3 Å². The molecule has 1 aliphatic heterocycles. The molecule has 0 radical (unpaired) electrons. The first-order valence-corrected chi connectivity index (χ1v) is 7.72. The number of hydrogen-bond donors (Lipinski definition) is 1. The largest absolute Gasteiger partial charge is 0.390 e. The van der Waals surface area contributed by atoms with Crippen LogP contribution in [0.15, 0.2) is 18.5 Å². The van der Waals surface area contributed by atoms with Gasteiger partial charge in [0.2, 0.25) is 0 Å². The summed E-state index contributed by atoms with van der Waals surface area (Å²) in [6.45, 7) is 2.58. The predicted octanol–water partition coefficient (Wildman–Crippen LogP) is 1.90. The number of aliphatic hydroxyl groups excluding tert-OH is 1. The Bertz CT molecular complexity index is 377. The average molecular weight is 263 g/mol. The molecule has 2 fully saturated rings. The maximum Gasteiger partial charge on any atom is 0.0862 e. The third-order valence-electron chi connectivity index (χ3n) is 4.76. The minimum absolute atomic E-state index is 0.305. The highest BCUT2D eigenvalue weighted by Crippen LogP contribution is 2.35. The summed E-state index contributed by atoms with van der Waals surface area (Å²) in [5, 5.41) is 14.4. The van der Waals surface area contributed by atoms with Crippen molar-refractivity contribution in [3.63, 3.8) is 0 Å². The Kier molecular flexibility index (Phi) is 4.18. The van der Waals surface area contributed by atoms with Gasteiger partial charge in [0, 0.05) is 25.0 Å². The van der Waals surface area contributed by atoms with Crippen LogP contribution >= 0.6 is 0 Å². The quantitative estimate of drug-likeness (QED) is 0.902. The van der Waals surface area contributed by atoms with E-state index in [9.17, 15) is 5.11 Å². The van der Waals surface area contributed by atoms with Crippen molar-refractivity contribution in [1.82, 2.24) is 14.7 Å². The molecule has 1 saturated heterocycles. The molecular formula is C15H25N3O. The zero-order valence-electron chi connectivity index (χ0n) is 11.6. The molecule has 4 nitrogen and oxygen atoms in total. The van der Waals surface area contributed by atoms with Gasteiger partial charge in [-0.15, -0.1) is 0 Å². The highest BCUT2D eigenvalue weighted by Gasteiger charge is 2.33. The van der Waals surface area contributed by atoms with Crippen LogP contribution in [0, 0.1) is 5.92 Å². The van der Waals surface area contributed by atoms with Crippen molar-refractivity contribution < 1.29 is 5.11 Å². The molecule has 106 valence electrons. The van der Waals surface area contributed by atoms with Crippen molar-refractivity contribution in [3.8, 4) is 0 Å². The Morgan fingerprint density at radius 2 is 2.00 bits per heavy atom. The molecule has 1 saturated carbocycles. The second-order valence-corrected chi connectivity index (χ2v) is 6.13. The lowest BCUT2D eigenvalue weighted by Crippen LogP contribution is -2.49. The van der Waals surface area contributed by atoms with E-state index in [1.54, 1.807) is 6.20 Å². The number of fused-ring (bicyclic) bond motifs is 1. The van der Waals surface area contributed by atoms with E-state index in [-0.39, 0.29) is 6.10 Å². The van der Waals surface area contributed by atoms with Gasteiger partial charge >= 0.3 is 0 Å². The minimum Gasteiger partial charge on any atom is -0.390 e. The Balaban J connectivity index is 1.55. The van der Waals surface area contributed by atoms with Crippen LogP contribution in [0.1, 0.15) is 38.5 Å². The Morgan fingerprint density at radius 1 is 1.16 bits per heavy atom. The zero-order valence-corrected chi connectivity index (χ0v) is 11.6. The van der Waals surface area contributed by atoms with Crippen LogP contribution in [-0.2, 0) is 6.54 Å². The Labute approximate surface area is 115 Å². The number of rotatable bonds is 4. The summed E-state index contributed by atoms with van der Waals surface area (Å²) < 4.78 is 1.83. The lowest BCUT2D eigenvalue weighted by Gasteiger charge is -2.44. The lowest BCUT2D eigenvalue weighted by molar-refractivity contribution is 0.0152. The summed E-state index contributed by atoms with van der Waals surface area (Å²) in [6, 6.07) is 2.64. The molecule has 2 heterocycles. The highest BCUT2D eigenvalue weighted by atomic mass is 16.3. The molecule has 1 aromatic rings. The van der Waals surface area contributed by atoms with Gasteiger partial charge in [-0.25, -0.2) is 0 Å². The number of likely N-dealkylation sites (tertiary alicyclic amines) is 1. The van der Waals surface area contributed by atoms with Gasteiger partial charge in [0.05, 0.1) is 12.6 Å². The molecule has 0 spiro atoms. The summed E-state index contributed by atoms with van der Waals surface area (Å²) in [6.07, 6.45) is 11.6. The van der Waals surface area contributed by atoms with Crippen LogP contribution in [0.3, 0.4) is 0 Å². The number of aliphatic hydroxyl groups is 1. The fourth-order valence-electron chi connectivity index (χ4n) is 3.91. The maximum atomic E-state index is 10.3. The van der Waals surface area contributed by atoms with Crippen LogP contribution in [0.2, 0.25) is 0 Å². The Morgan fingerprint density at radius 3 is 2.84 bits per heavy atom. The van der Waals surface area contributed by atoms with E-state index in [0.717, 1.165) is 25.0 Å². The molecule has 19 heavy (non-hydrogen) atoms. The van der Waals surface area contributed by atoms with Gasteiger partial charge in [-0.1, -0.05) is 12.8 Å². The Hall–Kier alpha value is -0.870. The lowest BCUT2D eigenvalue weighted by atomic mass is 9.78. The van der Waals surface area contributed by atoms with Gasteiger partial charge in [-0.3, -0.25) is 9.58 Å². The highest BCUT2D eigenvalue weighted by molar-refractivity contribution is 4.88. The summed E-state index contributed by atoms with van der Waals surface area (Å²) in [5.74, 6) is 0.888. The van der Waals surface area contributed by atoms with Crippen molar-refractivity contribution in [2.24, 2.45) is 5.92 Å². The second-order valence-electron chi connectivity index (χ2n) is 6.13. The van der Waals surface area contributed by atoms with Crippen molar-refractivity contribution >= 4 is 0 Å². The summed E-state index contributed by atoms with van der Waals surface area (Å²) >= 11 is 0. The van der Waals surface area contributed by atoms with Gasteiger partial charge in [-0.05, 0) is 44.2 Å². The van der Waals surface area contributed by atoms with E-state index in [4.69, 9.17) is 0 Å². The third-order valence-corrected chi connectivity index (χ3v) is 4.76. The number of piperidine rings is 1. The van der Waals surface area contributed by atoms with Gasteiger partial charge in [0.25, 0.3) is 0 Å². The number of β-amino-alcohol motifs (C(OH)–C–C–N with tert-alkyl or cyclic N) is 1. The normalized spacial score (nSPS) is 29.9. The monoisotopic (exact) mass is 263 g/mol. The number of aromatic nitrogens is 2. The van der Waals surface area contributed by atoms with E-state index in [2.05, 4.69) is 10.00 Å². The standard InChI is InChI=1S/C15H25N3O/c19-14(12-18-10-4-8-16-18)11-17-9-3-6-13-5-1-2-7-15(13)17/h4,8,10,13-15,19H,1-3,5-7,9,11-12H2/t13-,14+,15+/m0/s1. The number of hydrogen-bond acceptors (Lipinski definition) is 3. The van der Waals surface area contributed by atoms with Crippen LogP contribution in [-0.4, -0.2) is 45.0 Å². The molecule has 1 N–H and O–H groups in total. The zero-order chi connectivity index (χ0) is 13.1. The van der Waals surface area contributed by atoms with E-state index in [1.807, 2.05) is 16.9 Å². The van der Waals surface area contributed by atoms with Crippen molar-refractivity contribution in [3.05, 3.63) is 18.5 Å². The van der Waals surface area contributed by atoms with Gasteiger partial charge in [-0.2, -0.15) is 5.10 Å². The minimum atomic E-state index is -0.305. The van der Waals surface area contributed by atoms with Crippen molar-refractivity contribution in [1.29, 1.82) is 0 Å². The molecule has 0 aromatic carbocycles. The summed E-state index contributed by atoms with van der Waals surface area (Å²) in [4.78, 5) is 2.54. The van der Waals surface area contributed by atoms with E-state index < -0.39 is 0 Å². The first-order valence-electron chi connectivity index (χ1n) is 7.72. The summed E-state index contributed by atoms with van der Waals surface area (Å²) in [7, 11) is 0.